The number of benzene rings is 4. The van der Waals surface area contributed by atoms with Crippen LogP contribution < -0.4 is 10.2 Å². The van der Waals surface area contributed by atoms with Crippen LogP contribution in [0.5, 0.6) is 0 Å². The average molecular weight is 427 g/mol. The standard InChI is InChI=1S/C14H13NS.C12H9NS/c1-2-15-11-7-3-5-9-13(11)16-14-10-6-4-8-12(14)15;1-3-7-11-9(5-1)13-10-6-2-4-8-12(10)14-11/h3-10H,2H2,1H3;1-8,13H. The van der Waals surface area contributed by atoms with Gasteiger partial charge in [-0.25, -0.2) is 0 Å². The van der Waals surface area contributed by atoms with Crippen LogP contribution in [0, 0.1) is 0 Å². The van der Waals surface area contributed by atoms with Crippen LogP contribution in [-0.4, -0.2) is 6.54 Å². The molecule has 4 aromatic carbocycles. The molecular formula is C26H22N2S2. The molecule has 0 aliphatic carbocycles. The lowest BCUT2D eigenvalue weighted by Gasteiger charge is -2.31. The third kappa shape index (κ3) is 3.69. The first-order chi connectivity index (χ1) is 14.8. The highest BCUT2D eigenvalue weighted by Crippen LogP contribution is 2.47. The Hall–Kier alpha value is -2.82. The molecule has 0 fully saturated rings. The Morgan fingerprint density at radius 3 is 1.47 bits per heavy atom. The van der Waals surface area contributed by atoms with E-state index in [4.69, 9.17) is 0 Å². The lowest BCUT2D eigenvalue weighted by atomic mass is 10.2. The van der Waals surface area contributed by atoms with Crippen molar-refractivity contribution in [3.05, 3.63) is 97.1 Å². The van der Waals surface area contributed by atoms with Gasteiger partial charge in [0.15, 0.2) is 0 Å². The maximum Gasteiger partial charge on any atom is 0.0552 e. The van der Waals surface area contributed by atoms with E-state index < -0.39 is 0 Å². The Kier molecular flexibility index (Phi) is 5.43. The van der Waals surface area contributed by atoms with E-state index in [1.54, 1.807) is 0 Å². The first-order valence-electron chi connectivity index (χ1n) is 10.1. The van der Waals surface area contributed by atoms with Gasteiger partial charge in [-0.3, -0.25) is 0 Å². The fourth-order valence-corrected chi connectivity index (χ4v) is 5.79. The van der Waals surface area contributed by atoms with Crippen LogP contribution in [0.15, 0.2) is 117 Å². The second-order valence-corrected chi connectivity index (χ2v) is 9.17. The van der Waals surface area contributed by atoms with Crippen molar-refractivity contribution in [1.29, 1.82) is 0 Å². The first-order valence-corrected chi connectivity index (χ1v) is 11.7. The molecule has 4 aromatic rings. The monoisotopic (exact) mass is 426 g/mol. The van der Waals surface area contributed by atoms with Gasteiger partial charge in [0.2, 0.25) is 0 Å². The molecule has 0 saturated heterocycles. The van der Waals surface area contributed by atoms with Crippen LogP contribution in [0.1, 0.15) is 6.92 Å². The lowest BCUT2D eigenvalue weighted by molar-refractivity contribution is 0.979. The Labute approximate surface area is 186 Å². The largest absolute Gasteiger partial charge is 0.354 e. The summed E-state index contributed by atoms with van der Waals surface area (Å²) in [5.74, 6) is 0. The zero-order valence-corrected chi connectivity index (χ0v) is 18.3. The van der Waals surface area contributed by atoms with Gasteiger partial charge >= 0.3 is 0 Å². The van der Waals surface area contributed by atoms with E-state index >= 15 is 0 Å². The minimum absolute atomic E-state index is 1.01. The lowest BCUT2D eigenvalue weighted by Crippen LogP contribution is -2.19. The summed E-state index contributed by atoms with van der Waals surface area (Å²) in [6.07, 6.45) is 0. The highest BCUT2D eigenvalue weighted by molar-refractivity contribution is 8.00. The summed E-state index contributed by atoms with van der Waals surface area (Å²) < 4.78 is 0. The molecule has 2 aliphatic heterocycles. The van der Waals surface area contributed by atoms with Crippen LogP contribution in [0.2, 0.25) is 0 Å². The molecule has 0 radical (unpaired) electrons. The number of anilines is 4. The molecule has 6 rings (SSSR count). The van der Waals surface area contributed by atoms with E-state index in [2.05, 4.69) is 114 Å². The van der Waals surface area contributed by atoms with E-state index in [9.17, 15) is 0 Å². The molecule has 0 unspecified atom stereocenters. The molecular weight excluding hydrogens is 404 g/mol. The van der Waals surface area contributed by atoms with Gasteiger partial charge in [0.05, 0.1) is 22.7 Å². The molecule has 148 valence electrons. The van der Waals surface area contributed by atoms with Crippen molar-refractivity contribution >= 4 is 46.3 Å². The van der Waals surface area contributed by atoms with E-state index in [0.29, 0.717) is 0 Å². The number of nitrogens with one attached hydrogen (secondary N) is 1. The molecule has 0 spiro atoms. The number of para-hydroxylation sites is 4. The third-order valence-corrected chi connectivity index (χ3v) is 7.39. The summed E-state index contributed by atoms with van der Waals surface area (Å²) in [6.45, 7) is 3.21. The minimum Gasteiger partial charge on any atom is -0.354 e. The molecule has 30 heavy (non-hydrogen) atoms. The molecule has 0 bridgehead atoms. The van der Waals surface area contributed by atoms with Crippen LogP contribution in [0.4, 0.5) is 22.7 Å². The quantitative estimate of drug-likeness (QED) is 0.290. The van der Waals surface area contributed by atoms with Gasteiger partial charge in [0.25, 0.3) is 0 Å². The van der Waals surface area contributed by atoms with Crippen LogP contribution in [0.3, 0.4) is 0 Å². The van der Waals surface area contributed by atoms with Crippen LogP contribution in [0.25, 0.3) is 0 Å². The first kappa shape index (κ1) is 19.2. The topological polar surface area (TPSA) is 15.3 Å². The Bertz CT molecular complexity index is 1060. The SMILES string of the molecule is CCN1c2ccccc2Sc2ccccc21.c1ccc2c(c1)Nc1ccccc1S2. The highest BCUT2D eigenvalue weighted by Gasteiger charge is 2.20. The summed E-state index contributed by atoms with van der Waals surface area (Å²) in [4.78, 5) is 7.67. The third-order valence-electron chi connectivity index (χ3n) is 5.11. The minimum atomic E-state index is 1.01. The van der Waals surface area contributed by atoms with Crippen molar-refractivity contribution in [3.8, 4) is 0 Å². The second kappa shape index (κ2) is 8.50. The smallest absolute Gasteiger partial charge is 0.0552 e. The Morgan fingerprint density at radius 2 is 0.967 bits per heavy atom. The fourth-order valence-electron chi connectivity index (χ4n) is 3.70. The Balaban J connectivity index is 0.000000130. The second-order valence-electron chi connectivity index (χ2n) is 7.00. The van der Waals surface area contributed by atoms with Crippen molar-refractivity contribution in [2.24, 2.45) is 0 Å². The predicted molar refractivity (Wildman–Crippen MR) is 130 cm³/mol. The van der Waals surface area contributed by atoms with Crippen molar-refractivity contribution in [3.63, 3.8) is 0 Å². The van der Waals surface area contributed by atoms with Crippen molar-refractivity contribution in [2.45, 2.75) is 26.5 Å². The molecule has 0 aromatic heterocycles. The number of fused-ring (bicyclic) bond motifs is 4. The van der Waals surface area contributed by atoms with Gasteiger partial charge in [-0.15, -0.1) is 0 Å². The van der Waals surface area contributed by atoms with E-state index in [1.165, 1.54) is 42.3 Å². The molecule has 2 heterocycles. The summed E-state index contributed by atoms with van der Waals surface area (Å²) in [5.41, 5.74) is 5.06. The Morgan fingerprint density at radius 1 is 0.567 bits per heavy atom. The molecule has 0 amide bonds. The van der Waals surface area contributed by atoms with Gasteiger partial charge in [0.1, 0.15) is 0 Å². The van der Waals surface area contributed by atoms with Gasteiger partial charge < -0.3 is 10.2 Å². The normalized spacial score (nSPS) is 12.9. The van der Waals surface area contributed by atoms with E-state index in [-0.39, 0.29) is 0 Å². The van der Waals surface area contributed by atoms with Gasteiger partial charge in [-0.05, 0) is 55.5 Å². The molecule has 0 saturated carbocycles. The number of rotatable bonds is 1. The van der Waals surface area contributed by atoms with Gasteiger partial charge in [-0.1, -0.05) is 72.1 Å². The zero-order valence-electron chi connectivity index (χ0n) is 16.7. The van der Waals surface area contributed by atoms with Crippen LogP contribution in [-0.2, 0) is 0 Å². The van der Waals surface area contributed by atoms with Gasteiger partial charge in [-0.2, -0.15) is 0 Å². The molecule has 0 atom stereocenters. The van der Waals surface area contributed by atoms with Crippen molar-refractivity contribution in [1.82, 2.24) is 0 Å². The van der Waals surface area contributed by atoms with E-state index in [1.807, 2.05) is 23.5 Å². The maximum absolute atomic E-state index is 3.42. The maximum atomic E-state index is 3.42. The summed E-state index contributed by atoms with van der Waals surface area (Å²) >= 11 is 3.68. The zero-order chi connectivity index (χ0) is 20.3. The fraction of sp³-hybridized carbons (Fsp3) is 0.0769. The van der Waals surface area contributed by atoms with E-state index in [0.717, 1.165) is 6.54 Å². The average Bonchev–Trinajstić information content (AvgIpc) is 2.81. The summed E-state index contributed by atoms with van der Waals surface area (Å²) in [7, 11) is 0. The predicted octanol–water partition coefficient (Wildman–Crippen LogP) is 8.20. The summed E-state index contributed by atoms with van der Waals surface area (Å²) in [6, 6.07) is 34.0. The molecule has 2 aliphatic rings. The van der Waals surface area contributed by atoms with Crippen molar-refractivity contribution < 1.29 is 0 Å². The van der Waals surface area contributed by atoms with Crippen molar-refractivity contribution in [2.75, 3.05) is 16.8 Å². The number of nitrogens with zero attached hydrogens (tertiary/aromatic N) is 1. The highest BCUT2D eigenvalue weighted by atomic mass is 32.2. The number of hydrogen-bond acceptors (Lipinski definition) is 4. The van der Waals surface area contributed by atoms with Gasteiger partial charge in [0, 0.05) is 26.1 Å². The molecule has 1 N–H and O–H groups in total. The summed E-state index contributed by atoms with van der Waals surface area (Å²) in [5, 5.41) is 3.42. The molecule has 2 nitrogen and oxygen atoms in total. The molecule has 4 heteroatoms. The van der Waals surface area contributed by atoms with Crippen LogP contribution >= 0.6 is 23.5 Å². The number of hydrogen-bond donors (Lipinski definition) is 1.